The zero-order chi connectivity index (χ0) is 8.81. The predicted molar refractivity (Wildman–Crippen MR) is 59.3 cm³/mol. The van der Waals surface area contributed by atoms with Crippen molar-refractivity contribution in [3.8, 4) is 0 Å². The first-order chi connectivity index (χ1) is 5.79. The fraction of sp³-hybridized carbons (Fsp3) is 0.167. The molecule has 0 unspecified atom stereocenters. The van der Waals surface area contributed by atoms with Gasteiger partial charge in [-0.1, -0.05) is 6.92 Å². The molecule has 2 rings (SSSR count). The Morgan fingerprint density at radius 2 is 1.38 bits per heavy atom. The Bertz CT molecular complexity index is 245. The number of aryl methyl sites for hydroxylation is 2. The van der Waals surface area contributed by atoms with E-state index in [1.807, 2.05) is 24.3 Å². The zero-order valence-electron chi connectivity index (χ0n) is 8.33. The minimum atomic E-state index is 0. The van der Waals surface area contributed by atoms with Crippen LogP contribution in [0.5, 0.6) is 0 Å². The smallest absolute Gasteiger partial charge is 0.748 e. The van der Waals surface area contributed by atoms with Gasteiger partial charge in [0.15, 0.2) is 0 Å². The van der Waals surface area contributed by atoms with Gasteiger partial charge in [0.25, 0.3) is 0 Å². The Hall–Kier alpha value is -0.534. The van der Waals surface area contributed by atoms with Gasteiger partial charge in [-0.25, -0.2) is 19.1 Å². The van der Waals surface area contributed by atoms with Gasteiger partial charge in [0.1, 0.15) is 0 Å². The summed E-state index contributed by atoms with van der Waals surface area (Å²) in [5, 5.41) is 0. The SMILES string of the molecule is C[c-]1[cH-][cH-][cH-][cH-]1.C[c-]1cccc1.[Mg+2]. The second-order valence-electron chi connectivity index (χ2n) is 2.92. The molecule has 1 heteroatoms. The Kier molecular flexibility index (Phi) is 6.64. The monoisotopic (exact) mass is 182 g/mol. The van der Waals surface area contributed by atoms with Crippen molar-refractivity contribution in [1.29, 1.82) is 0 Å². The molecule has 0 aliphatic heterocycles. The molecule has 0 fully saturated rings. The number of hydrogen-bond acceptors (Lipinski definition) is 0. The first kappa shape index (κ1) is 12.5. The quantitative estimate of drug-likeness (QED) is 0.434. The van der Waals surface area contributed by atoms with E-state index in [0.29, 0.717) is 0 Å². The fourth-order valence-electron chi connectivity index (χ4n) is 0.940. The average Bonchev–Trinajstić information content (AvgIpc) is 2.63. The van der Waals surface area contributed by atoms with Gasteiger partial charge in [0.2, 0.25) is 0 Å². The third kappa shape index (κ3) is 5.67. The van der Waals surface area contributed by atoms with Crippen LogP contribution >= 0.6 is 0 Å². The summed E-state index contributed by atoms with van der Waals surface area (Å²) in [6, 6.07) is 16.5. The van der Waals surface area contributed by atoms with Gasteiger partial charge in [-0.2, -0.15) is 17.7 Å². The summed E-state index contributed by atoms with van der Waals surface area (Å²) in [5.74, 6) is 0. The molecule has 0 heterocycles. The van der Waals surface area contributed by atoms with E-state index in [0.717, 1.165) is 0 Å². The number of hydrogen-bond donors (Lipinski definition) is 0. The van der Waals surface area contributed by atoms with Crippen LogP contribution in [0.4, 0.5) is 0 Å². The van der Waals surface area contributed by atoms with Crippen molar-refractivity contribution in [1.82, 2.24) is 0 Å². The molecule has 0 aliphatic carbocycles. The maximum absolute atomic E-state index is 2.08. The van der Waals surface area contributed by atoms with Gasteiger partial charge >= 0.3 is 23.1 Å². The molecule has 0 spiro atoms. The summed E-state index contributed by atoms with van der Waals surface area (Å²) in [4.78, 5) is 0. The van der Waals surface area contributed by atoms with Crippen molar-refractivity contribution >= 4 is 23.1 Å². The van der Waals surface area contributed by atoms with Gasteiger partial charge in [-0.15, -0.1) is 0 Å². The second kappa shape index (κ2) is 6.93. The summed E-state index contributed by atoms with van der Waals surface area (Å²) >= 11 is 0. The molecule has 2 aromatic carbocycles. The Balaban J connectivity index is 0.000000206. The first-order valence-electron chi connectivity index (χ1n) is 4.15. The van der Waals surface area contributed by atoms with Crippen LogP contribution < -0.4 is 0 Å². The van der Waals surface area contributed by atoms with Crippen LogP contribution in [0.2, 0.25) is 0 Å². The summed E-state index contributed by atoms with van der Waals surface area (Å²) in [5.41, 5.74) is 2.69. The molecule has 0 atom stereocenters. The molecule has 0 radical (unpaired) electrons. The van der Waals surface area contributed by atoms with Crippen molar-refractivity contribution in [2.45, 2.75) is 13.8 Å². The topological polar surface area (TPSA) is 0 Å². The van der Waals surface area contributed by atoms with Gasteiger partial charge < -0.3 is 29.8 Å². The van der Waals surface area contributed by atoms with E-state index in [9.17, 15) is 0 Å². The Labute approximate surface area is 96.5 Å². The number of rotatable bonds is 0. The molecule has 0 N–H and O–H groups in total. The Morgan fingerprint density at radius 3 is 1.54 bits per heavy atom. The van der Waals surface area contributed by atoms with Crippen LogP contribution in [-0.2, 0) is 0 Å². The Morgan fingerprint density at radius 1 is 0.923 bits per heavy atom. The van der Waals surface area contributed by atoms with Crippen molar-refractivity contribution in [3.05, 3.63) is 59.7 Å². The fourth-order valence-corrected chi connectivity index (χ4v) is 0.940. The molecule has 0 saturated carbocycles. The minimum Gasteiger partial charge on any atom is -0.748 e. The largest absolute Gasteiger partial charge is 2.00 e. The van der Waals surface area contributed by atoms with Crippen LogP contribution in [0.25, 0.3) is 0 Å². The van der Waals surface area contributed by atoms with Crippen molar-refractivity contribution in [2.75, 3.05) is 0 Å². The van der Waals surface area contributed by atoms with Gasteiger partial charge in [-0.05, 0) is 0 Å². The van der Waals surface area contributed by atoms with Crippen LogP contribution in [0, 0.1) is 13.8 Å². The van der Waals surface area contributed by atoms with Crippen molar-refractivity contribution < 1.29 is 0 Å². The van der Waals surface area contributed by atoms with Crippen molar-refractivity contribution in [3.63, 3.8) is 0 Å². The third-order valence-corrected chi connectivity index (χ3v) is 1.66. The van der Waals surface area contributed by atoms with E-state index >= 15 is 0 Å². The molecule has 68 valence electrons. The second-order valence-corrected chi connectivity index (χ2v) is 2.92. The minimum absolute atomic E-state index is 0. The molecule has 0 amide bonds. The van der Waals surface area contributed by atoms with E-state index in [1.165, 1.54) is 11.1 Å². The van der Waals surface area contributed by atoms with E-state index < -0.39 is 0 Å². The predicted octanol–water partition coefficient (Wildman–Crippen LogP) is 3.05. The summed E-state index contributed by atoms with van der Waals surface area (Å²) in [7, 11) is 0. The standard InChI is InChI=1S/2C6H7.Mg/c2*1-6-4-2-3-5-6;/h2*2-5H,1H3;/q-5;-1;+2. The molecule has 2 aromatic rings. The molecule has 0 bridgehead atoms. The molecule has 0 aromatic heterocycles. The summed E-state index contributed by atoms with van der Waals surface area (Å²) < 4.78 is 0. The summed E-state index contributed by atoms with van der Waals surface area (Å²) in [6.07, 6.45) is 0. The van der Waals surface area contributed by atoms with E-state index in [2.05, 4.69) is 38.1 Å². The first-order valence-corrected chi connectivity index (χ1v) is 4.15. The van der Waals surface area contributed by atoms with Gasteiger partial charge in [-0.3, -0.25) is 0 Å². The molecule has 0 nitrogen and oxygen atoms in total. The normalized spacial score (nSPS) is 8.15. The maximum Gasteiger partial charge on any atom is 2.00 e. The summed E-state index contributed by atoms with van der Waals surface area (Å²) in [6.45, 7) is 4.17. The van der Waals surface area contributed by atoms with E-state index in [1.54, 1.807) is 0 Å². The molecular weight excluding hydrogens is 168 g/mol. The molecular formula is C12H14Mg-4. The molecule has 0 aliphatic rings. The average molecular weight is 183 g/mol. The van der Waals surface area contributed by atoms with Gasteiger partial charge in [0.05, 0.1) is 0 Å². The van der Waals surface area contributed by atoms with Crippen molar-refractivity contribution in [2.24, 2.45) is 0 Å². The maximum atomic E-state index is 2.08. The van der Waals surface area contributed by atoms with Gasteiger partial charge in [0, 0.05) is 0 Å². The van der Waals surface area contributed by atoms with Crippen LogP contribution in [0.1, 0.15) is 11.1 Å². The van der Waals surface area contributed by atoms with Crippen LogP contribution in [-0.4, -0.2) is 23.1 Å². The zero-order valence-corrected chi connectivity index (χ0v) is 9.74. The molecule has 0 saturated heterocycles. The van der Waals surface area contributed by atoms with E-state index in [4.69, 9.17) is 0 Å². The third-order valence-electron chi connectivity index (χ3n) is 1.66. The van der Waals surface area contributed by atoms with Crippen LogP contribution in [0.15, 0.2) is 48.5 Å². The molecule has 13 heavy (non-hydrogen) atoms. The van der Waals surface area contributed by atoms with E-state index in [-0.39, 0.29) is 23.1 Å². The van der Waals surface area contributed by atoms with Crippen LogP contribution in [0.3, 0.4) is 0 Å².